The first-order valence-electron chi connectivity index (χ1n) is 10.3. The van der Waals surface area contributed by atoms with Crippen LogP contribution in [0.3, 0.4) is 0 Å². The third kappa shape index (κ3) is 6.18. The first kappa shape index (κ1) is 22.7. The molecule has 1 aliphatic carbocycles. The molecule has 1 heterocycles. The first-order chi connectivity index (χ1) is 13.7. The summed E-state index contributed by atoms with van der Waals surface area (Å²) >= 11 is 0. The van der Waals surface area contributed by atoms with E-state index in [9.17, 15) is 4.79 Å². The van der Waals surface area contributed by atoms with Gasteiger partial charge in [-0.2, -0.15) is 0 Å². The van der Waals surface area contributed by atoms with Crippen LogP contribution in [-0.2, 0) is 4.79 Å². The number of carbonyl (C=O) groups excluding carboxylic acids is 1. The van der Waals surface area contributed by atoms with Gasteiger partial charge in [-0.05, 0) is 45.6 Å². The van der Waals surface area contributed by atoms with Crippen LogP contribution in [-0.4, -0.2) is 23.4 Å². The molecule has 1 aromatic rings. The first-order valence-corrected chi connectivity index (χ1v) is 10.3. The predicted molar refractivity (Wildman–Crippen MR) is 120 cm³/mol. The molecule has 4 nitrogen and oxygen atoms in total. The van der Waals surface area contributed by atoms with Gasteiger partial charge in [-0.3, -0.25) is 0 Å². The summed E-state index contributed by atoms with van der Waals surface area (Å²) in [5.74, 6) is 1.54. The molecule has 29 heavy (non-hydrogen) atoms. The van der Waals surface area contributed by atoms with E-state index in [-0.39, 0.29) is 5.92 Å². The van der Waals surface area contributed by atoms with Gasteiger partial charge in [-0.15, -0.1) is 0 Å². The molecule has 0 saturated heterocycles. The highest BCUT2D eigenvalue weighted by Gasteiger charge is 2.19. The van der Waals surface area contributed by atoms with Crippen molar-refractivity contribution in [3.63, 3.8) is 0 Å². The number of hydrogen-bond donors (Lipinski definition) is 0. The number of aldehydes is 1. The zero-order valence-electron chi connectivity index (χ0n) is 18.8. The fourth-order valence-corrected chi connectivity index (χ4v) is 3.64. The predicted octanol–water partition coefficient (Wildman–Crippen LogP) is 6.16. The molecule has 0 aromatic carbocycles. The lowest BCUT2D eigenvalue weighted by Gasteiger charge is -2.28. The maximum atomic E-state index is 10.8. The molecule has 1 aromatic heterocycles. The Morgan fingerprint density at radius 3 is 2.55 bits per heavy atom. The third-order valence-corrected chi connectivity index (χ3v) is 4.89. The van der Waals surface area contributed by atoms with Crippen molar-refractivity contribution in [3.05, 3.63) is 70.4 Å². The zero-order valence-corrected chi connectivity index (χ0v) is 18.8. The van der Waals surface area contributed by atoms with Crippen molar-refractivity contribution in [1.29, 1.82) is 0 Å². The Hall–Kier alpha value is -2.62. The number of aromatic nitrogens is 1. The minimum atomic E-state index is 0.284. The maximum absolute atomic E-state index is 10.8. The zero-order chi connectivity index (χ0) is 21.6. The van der Waals surface area contributed by atoms with Crippen molar-refractivity contribution in [3.8, 4) is 0 Å². The molecular weight excluding hydrogens is 360 g/mol. The highest BCUT2D eigenvalue weighted by atomic mass is 16.5. The summed E-state index contributed by atoms with van der Waals surface area (Å²) in [6.45, 7) is 12.5. The van der Waals surface area contributed by atoms with Gasteiger partial charge in [0.05, 0.1) is 5.69 Å². The van der Waals surface area contributed by atoms with Gasteiger partial charge in [-0.1, -0.05) is 55.0 Å². The van der Waals surface area contributed by atoms with Crippen LogP contribution in [0.5, 0.6) is 0 Å². The van der Waals surface area contributed by atoms with Crippen LogP contribution in [0.2, 0.25) is 0 Å². The average molecular weight is 395 g/mol. The van der Waals surface area contributed by atoms with Crippen LogP contribution in [0, 0.1) is 25.7 Å². The fourth-order valence-electron chi connectivity index (χ4n) is 3.64. The molecule has 0 aliphatic heterocycles. The molecular formula is C25H34N2O2. The molecule has 0 saturated carbocycles. The van der Waals surface area contributed by atoms with Crippen molar-refractivity contribution in [2.75, 3.05) is 7.05 Å². The number of allylic oxidation sites excluding steroid dienone is 8. The van der Waals surface area contributed by atoms with Gasteiger partial charge in [-0.25, -0.2) is 0 Å². The lowest BCUT2D eigenvalue weighted by molar-refractivity contribution is -0.107. The monoisotopic (exact) mass is 394 g/mol. The van der Waals surface area contributed by atoms with Crippen LogP contribution >= 0.6 is 0 Å². The van der Waals surface area contributed by atoms with Crippen molar-refractivity contribution < 1.29 is 9.32 Å². The molecule has 4 heteroatoms. The van der Waals surface area contributed by atoms with E-state index in [2.05, 4.69) is 81.4 Å². The second-order valence-corrected chi connectivity index (χ2v) is 8.30. The van der Waals surface area contributed by atoms with E-state index in [1.807, 2.05) is 13.8 Å². The van der Waals surface area contributed by atoms with Crippen molar-refractivity contribution in [2.24, 2.45) is 11.8 Å². The quantitative estimate of drug-likeness (QED) is 0.391. The Morgan fingerprint density at radius 2 is 2.07 bits per heavy atom. The highest BCUT2D eigenvalue weighted by Crippen LogP contribution is 2.30. The number of hydrogen-bond acceptors (Lipinski definition) is 4. The number of nitrogens with zero attached hydrogens (tertiary/aromatic N) is 2. The molecule has 1 atom stereocenters. The van der Waals surface area contributed by atoms with Gasteiger partial charge in [0.2, 0.25) is 0 Å². The van der Waals surface area contributed by atoms with Crippen molar-refractivity contribution >= 4 is 11.9 Å². The standard InChI is InChI=1S/C25H34N2O2/c1-17(2)14-23(25-19(5)26-29-20(25)6)16-27(7)24(15-18(3)4)22-10-8-21(9-11-22)12-13-28/h8-10,13-16,18,22H,11-12H2,1-7H3/b23-16+,24-15-. The summed E-state index contributed by atoms with van der Waals surface area (Å²) in [6, 6.07) is 0. The molecule has 156 valence electrons. The Bertz CT molecular complexity index is 855. The van der Waals surface area contributed by atoms with E-state index in [0.29, 0.717) is 12.3 Å². The molecule has 0 N–H and O–H groups in total. The third-order valence-electron chi connectivity index (χ3n) is 4.89. The van der Waals surface area contributed by atoms with E-state index in [1.165, 1.54) is 11.3 Å². The topological polar surface area (TPSA) is 46.3 Å². The smallest absolute Gasteiger partial charge is 0.141 e. The largest absolute Gasteiger partial charge is 0.361 e. The van der Waals surface area contributed by atoms with Crippen molar-refractivity contribution in [1.82, 2.24) is 10.1 Å². The average Bonchev–Trinajstić information content (AvgIpc) is 2.98. The Kier molecular flexibility index (Phi) is 8.00. The van der Waals surface area contributed by atoms with E-state index in [4.69, 9.17) is 4.52 Å². The van der Waals surface area contributed by atoms with Crippen LogP contribution in [0.4, 0.5) is 0 Å². The Balaban J connectivity index is 2.42. The van der Waals surface area contributed by atoms with Gasteiger partial charge in [0, 0.05) is 42.4 Å². The summed E-state index contributed by atoms with van der Waals surface area (Å²) in [5.41, 5.74) is 6.61. The molecule has 1 unspecified atom stereocenters. The SMILES string of the molecule is CC(C)=C/C(=C\N(C)/C(=C\C(C)C)C1C=CC(CC=O)=CC1)c1c(C)noc1C. The summed E-state index contributed by atoms with van der Waals surface area (Å²) < 4.78 is 5.41. The van der Waals surface area contributed by atoms with Crippen molar-refractivity contribution in [2.45, 2.75) is 54.4 Å². The lowest BCUT2D eigenvalue weighted by atomic mass is 9.90. The molecule has 0 bridgehead atoms. The molecule has 0 radical (unpaired) electrons. The van der Waals surface area contributed by atoms with E-state index >= 15 is 0 Å². The van der Waals surface area contributed by atoms with Gasteiger partial charge in [0.15, 0.2) is 0 Å². The normalized spacial score (nSPS) is 17.4. The minimum Gasteiger partial charge on any atom is -0.361 e. The Labute approximate surface area is 175 Å². The maximum Gasteiger partial charge on any atom is 0.141 e. The molecule has 1 aliphatic rings. The summed E-state index contributed by atoms with van der Waals surface area (Å²) in [5, 5.41) is 4.13. The summed E-state index contributed by atoms with van der Waals surface area (Å²) in [6.07, 6.45) is 15.5. The second kappa shape index (κ2) is 10.2. The van der Waals surface area contributed by atoms with E-state index in [0.717, 1.165) is 40.9 Å². The van der Waals surface area contributed by atoms with Crippen LogP contribution < -0.4 is 0 Å². The fraction of sp³-hybridized carbons (Fsp3) is 0.440. The molecule has 0 amide bonds. The molecule has 0 fully saturated rings. The summed E-state index contributed by atoms with van der Waals surface area (Å²) in [4.78, 5) is 13.0. The van der Waals surface area contributed by atoms with Crippen LogP contribution in [0.25, 0.3) is 5.57 Å². The van der Waals surface area contributed by atoms with Crippen LogP contribution in [0.15, 0.2) is 57.9 Å². The van der Waals surface area contributed by atoms with Gasteiger partial charge >= 0.3 is 0 Å². The highest BCUT2D eigenvalue weighted by molar-refractivity contribution is 5.76. The molecule has 0 spiro atoms. The minimum absolute atomic E-state index is 0.284. The number of carbonyl (C=O) groups is 1. The number of rotatable bonds is 8. The second-order valence-electron chi connectivity index (χ2n) is 8.30. The van der Waals surface area contributed by atoms with E-state index in [1.54, 1.807) is 0 Å². The lowest BCUT2D eigenvalue weighted by Crippen LogP contribution is -2.20. The van der Waals surface area contributed by atoms with E-state index < -0.39 is 0 Å². The van der Waals surface area contributed by atoms with Crippen LogP contribution in [0.1, 0.15) is 57.6 Å². The van der Waals surface area contributed by atoms with Gasteiger partial charge in [0.25, 0.3) is 0 Å². The van der Waals surface area contributed by atoms with Gasteiger partial charge in [0.1, 0.15) is 12.0 Å². The van der Waals surface area contributed by atoms with Gasteiger partial charge < -0.3 is 14.2 Å². The Morgan fingerprint density at radius 1 is 1.34 bits per heavy atom. The summed E-state index contributed by atoms with van der Waals surface area (Å²) in [7, 11) is 2.10. The number of aryl methyl sites for hydroxylation is 2. The molecule has 2 rings (SSSR count).